The van der Waals surface area contributed by atoms with Gasteiger partial charge in [0.15, 0.2) is 0 Å². The zero-order valence-electron chi connectivity index (χ0n) is 9.25. The maximum absolute atomic E-state index is 12.4. The van der Waals surface area contributed by atoms with Gasteiger partial charge in [-0.1, -0.05) is 0 Å². The van der Waals surface area contributed by atoms with Crippen LogP contribution in [0.25, 0.3) is 0 Å². The first-order valence-electron chi connectivity index (χ1n) is 5.37. The van der Waals surface area contributed by atoms with Crippen LogP contribution >= 0.6 is 15.9 Å². The Labute approximate surface area is 110 Å². The quantitative estimate of drug-likeness (QED) is 0.801. The lowest BCUT2D eigenvalue weighted by molar-refractivity contribution is -0.141. The van der Waals surface area contributed by atoms with Crippen LogP contribution in [0.1, 0.15) is 23.2 Å². The second-order valence-electron chi connectivity index (χ2n) is 4.12. The third kappa shape index (κ3) is 3.22. The number of halogens is 4. The summed E-state index contributed by atoms with van der Waals surface area (Å²) in [6, 6.07) is 2.69. The van der Waals surface area contributed by atoms with Crippen molar-refractivity contribution >= 4 is 21.8 Å². The van der Waals surface area contributed by atoms with Gasteiger partial charge in [-0.05, 0) is 40.9 Å². The molecule has 0 radical (unpaired) electrons. The van der Waals surface area contributed by atoms with E-state index in [-0.39, 0.29) is 16.2 Å². The van der Waals surface area contributed by atoms with Crippen molar-refractivity contribution in [3.8, 4) is 0 Å². The molecule has 1 aliphatic rings. The van der Waals surface area contributed by atoms with Gasteiger partial charge in [-0.2, -0.15) is 13.2 Å². The number of amides is 1. The number of alkyl halides is 3. The molecule has 0 saturated heterocycles. The minimum atomic E-state index is -4.38. The molecular weight excluding hydrogens is 313 g/mol. The summed E-state index contributed by atoms with van der Waals surface area (Å²) in [7, 11) is 0. The highest BCUT2D eigenvalue weighted by molar-refractivity contribution is 9.10. The number of nitrogens with zero attached hydrogens (tertiary/aromatic N) is 2. The van der Waals surface area contributed by atoms with E-state index in [1.807, 2.05) is 0 Å². The van der Waals surface area contributed by atoms with Gasteiger partial charge >= 0.3 is 6.18 Å². The van der Waals surface area contributed by atoms with Crippen molar-refractivity contribution in [2.75, 3.05) is 6.54 Å². The third-order valence-corrected chi connectivity index (χ3v) is 3.22. The van der Waals surface area contributed by atoms with Crippen LogP contribution in [0.3, 0.4) is 0 Å². The van der Waals surface area contributed by atoms with Crippen LogP contribution in [0.5, 0.6) is 0 Å². The van der Waals surface area contributed by atoms with Crippen LogP contribution in [-0.2, 0) is 0 Å². The lowest BCUT2D eigenvalue weighted by atomic mass is 10.2. The lowest BCUT2D eigenvalue weighted by Gasteiger charge is -2.24. The molecule has 0 unspecified atom stereocenters. The minimum absolute atomic E-state index is 0.161. The summed E-state index contributed by atoms with van der Waals surface area (Å²) in [5.41, 5.74) is 0.161. The Kier molecular flexibility index (Phi) is 3.61. The largest absolute Gasteiger partial charge is 0.406 e. The van der Waals surface area contributed by atoms with Crippen LogP contribution in [0.15, 0.2) is 22.9 Å². The molecule has 98 valence electrons. The van der Waals surface area contributed by atoms with E-state index < -0.39 is 18.6 Å². The Morgan fingerprint density at radius 2 is 2.17 bits per heavy atom. The number of hydrogen-bond acceptors (Lipinski definition) is 2. The standard InChI is InChI=1S/C11H10BrF3N2O/c12-9-8(2-1-5-16-9)10(18)17(7-3-4-7)6-11(13,14)15/h1-2,5,7H,3-4,6H2. The molecule has 0 bridgehead atoms. The highest BCUT2D eigenvalue weighted by Crippen LogP contribution is 2.32. The van der Waals surface area contributed by atoms with Gasteiger partial charge in [0.2, 0.25) is 0 Å². The van der Waals surface area contributed by atoms with Crippen LogP contribution in [0.4, 0.5) is 13.2 Å². The number of hydrogen-bond donors (Lipinski definition) is 0. The predicted molar refractivity (Wildman–Crippen MR) is 62.1 cm³/mol. The second kappa shape index (κ2) is 4.87. The molecule has 3 nitrogen and oxygen atoms in total. The lowest BCUT2D eigenvalue weighted by Crippen LogP contribution is -2.40. The molecular formula is C11H10BrF3N2O. The molecule has 1 amide bonds. The van der Waals surface area contributed by atoms with Crippen molar-refractivity contribution in [1.82, 2.24) is 9.88 Å². The minimum Gasteiger partial charge on any atom is -0.326 e. The smallest absolute Gasteiger partial charge is 0.326 e. The molecule has 1 aromatic rings. The van der Waals surface area contributed by atoms with Crippen molar-refractivity contribution in [1.29, 1.82) is 0 Å². The Morgan fingerprint density at radius 1 is 1.50 bits per heavy atom. The summed E-state index contributed by atoms with van der Waals surface area (Å²) in [5.74, 6) is -0.630. The normalized spacial score (nSPS) is 15.6. The zero-order chi connectivity index (χ0) is 13.3. The molecule has 18 heavy (non-hydrogen) atoms. The van der Waals surface area contributed by atoms with Crippen molar-refractivity contribution in [2.24, 2.45) is 0 Å². The fourth-order valence-corrected chi connectivity index (χ4v) is 2.07. The van der Waals surface area contributed by atoms with E-state index in [0.717, 1.165) is 4.90 Å². The van der Waals surface area contributed by atoms with Crippen LogP contribution in [0.2, 0.25) is 0 Å². The van der Waals surface area contributed by atoms with E-state index in [9.17, 15) is 18.0 Å². The van der Waals surface area contributed by atoms with E-state index in [2.05, 4.69) is 20.9 Å². The maximum Gasteiger partial charge on any atom is 0.406 e. The van der Waals surface area contributed by atoms with E-state index in [4.69, 9.17) is 0 Å². The Balaban J connectivity index is 2.21. The number of pyridine rings is 1. The number of carbonyl (C=O) groups is 1. The highest BCUT2D eigenvalue weighted by Gasteiger charge is 2.41. The second-order valence-corrected chi connectivity index (χ2v) is 4.87. The zero-order valence-corrected chi connectivity index (χ0v) is 10.8. The average Bonchev–Trinajstić information content (AvgIpc) is 3.08. The van der Waals surface area contributed by atoms with Gasteiger partial charge in [-0.25, -0.2) is 4.98 Å². The van der Waals surface area contributed by atoms with Crippen LogP contribution < -0.4 is 0 Å². The molecule has 7 heteroatoms. The van der Waals surface area contributed by atoms with Gasteiger partial charge in [0.25, 0.3) is 5.91 Å². The summed E-state index contributed by atoms with van der Waals surface area (Å²) in [5, 5.41) is 0. The number of rotatable bonds is 3. The van der Waals surface area contributed by atoms with Crippen molar-refractivity contribution in [3.05, 3.63) is 28.5 Å². The molecule has 0 atom stereocenters. The van der Waals surface area contributed by atoms with E-state index in [0.29, 0.717) is 12.8 Å². The Morgan fingerprint density at radius 3 is 2.67 bits per heavy atom. The molecule has 1 heterocycles. The van der Waals surface area contributed by atoms with E-state index >= 15 is 0 Å². The SMILES string of the molecule is O=C(c1cccnc1Br)N(CC(F)(F)F)C1CC1. The van der Waals surface area contributed by atoms with Gasteiger partial charge in [-0.3, -0.25) is 4.79 Å². The molecule has 1 fully saturated rings. The monoisotopic (exact) mass is 322 g/mol. The van der Waals surface area contributed by atoms with Crippen LogP contribution in [-0.4, -0.2) is 34.6 Å². The summed E-state index contributed by atoms with van der Waals surface area (Å²) in [6.07, 6.45) is -1.67. The van der Waals surface area contributed by atoms with Crippen LogP contribution in [0, 0.1) is 0 Å². The Bertz CT molecular complexity index is 460. The third-order valence-electron chi connectivity index (χ3n) is 2.59. The van der Waals surface area contributed by atoms with Crippen molar-refractivity contribution in [2.45, 2.75) is 25.1 Å². The summed E-state index contributed by atoms with van der Waals surface area (Å²) >= 11 is 3.07. The topological polar surface area (TPSA) is 33.2 Å². The summed E-state index contributed by atoms with van der Waals surface area (Å²) in [6.45, 7) is -1.21. The number of carbonyl (C=O) groups excluding carboxylic acids is 1. The summed E-state index contributed by atoms with van der Waals surface area (Å²) in [4.78, 5) is 16.8. The fraction of sp³-hybridized carbons (Fsp3) is 0.455. The van der Waals surface area contributed by atoms with Gasteiger partial charge in [0.1, 0.15) is 11.1 Å². The van der Waals surface area contributed by atoms with E-state index in [1.54, 1.807) is 0 Å². The first-order valence-corrected chi connectivity index (χ1v) is 6.16. The molecule has 1 saturated carbocycles. The molecule has 0 aromatic carbocycles. The Hall–Kier alpha value is -1.11. The molecule has 0 aliphatic heterocycles. The number of aromatic nitrogens is 1. The average molecular weight is 323 g/mol. The van der Waals surface area contributed by atoms with Gasteiger partial charge in [-0.15, -0.1) is 0 Å². The van der Waals surface area contributed by atoms with Gasteiger partial charge in [0, 0.05) is 12.2 Å². The fourth-order valence-electron chi connectivity index (χ4n) is 1.65. The molecule has 2 rings (SSSR count). The molecule has 0 N–H and O–H groups in total. The van der Waals surface area contributed by atoms with Gasteiger partial charge in [0.05, 0.1) is 5.56 Å². The van der Waals surface area contributed by atoms with Crippen molar-refractivity contribution < 1.29 is 18.0 Å². The predicted octanol–water partition coefficient (Wildman–Crippen LogP) is 3.01. The summed E-state index contributed by atoms with van der Waals surface area (Å²) < 4.78 is 37.6. The molecule has 1 aliphatic carbocycles. The van der Waals surface area contributed by atoms with E-state index in [1.165, 1.54) is 18.3 Å². The highest BCUT2D eigenvalue weighted by atomic mass is 79.9. The molecule has 0 spiro atoms. The first-order chi connectivity index (χ1) is 8.38. The van der Waals surface area contributed by atoms with Gasteiger partial charge < -0.3 is 4.90 Å². The molecule has 1 aromatic heterocycles. The van der Waals surface area contributed by atoms with Crippen molar-refractivity contribution in [3.63, 3.8) is 0 Å². The maximum atomic E-state index is 12.4. The first kappa shape index (κ1) is 13.3.